The SMILES string of the molecule is O=c1c(-c2ccccc2)c(O)[n+](Cc2ccccc2Oc2ccccc2)c2ccccn12. The molecule has 0 aliphatic rings. The zero-order valence-corrected chi connectivity index (χ0v) is 17.3. The summed E-state index contributed by atoms with van der Waals surface area (Å²) in [6.45, 7) is 0.322. The molecule has 2 aromatic heterocycles. The van der Waals surface area contributed by atoms with Gasteiger partial charge in [-0.25, -0.2) is 4.79 Å². The average Bonchev–Trinajstić information content (AvgIpc) is 2.84. The first-order valence-corrected chi connectivity index (χ1v) is 10.3. The van der Waals surface area contributed by atoms with Crippen LogP contribution >= 0.6 is 0 Å². The Kier molecular flexibility index (Phi) is 5.14. The largest absolute Gasteiger partial charge is 0.477 e. The Morgan fingerprint density at radius 1 is 0.781 bits per heavy atom. The average molecular weight is 421 g/mol. The molecule has 0 amide bonds. The minimum Gasteiger partial charge on any atom is -0.477 e. The lowest BCUT2D eigenvalue weighted by molar-refractivity contribution is -0.671. The van der Waals surface area contributed by atoms with Crippen LogP contribution in [0.15, 0.2) is 114 Å². The van der Waals surface area contributed by atoms with Crippen molar-refractivity contribution in [1.82, 2.24) is 4.40 Å². The highest BCUT2D eigenvalue weighted by molar-refractivity contribution is 5.67. The highest BCUT2D eigenvalue weighted by Crippen LogP contribution is 2.27. The molecule has 0 saturated carbocycles. The Morgan fingerprint density at radius 2 is 1.44 bits per heavy atom. The molecule has 0 aliphatic carbocycles. The molecule has 5 heteroatoms. The van der Waals surface area contributed by atoms with Crippen LogP contribution in [0.1, 0.15) is 5.56 Å². The van der Waals surface area contributed by atoms with Crippen molar-refractivity contribution < 1.29 is 14.4 Å². The van der Waals surface area contributed by atoms with Crippen LogP contribution in [0, 0.1) is 0 Å². The maximum atomic E-state index is 13.2. The second-order valence-corrected chi connectivity index (χ2v) is 7.41. The number of nitrogens with zero attached hydrogens (tertiary/aromatic N) is 2. The number of aromatic nitrogens is 2. The lowest BCUT2D eigenvalue weighted by Crippen LogP contribution is -2.41. The quantitative estimate of drug-likeness (QED) is 0.415. The van der Waals surface area contributed by atoms with E-state index >= 15 is 0 Å². The number of benzene rings is 3. The van der Waals surface area contributed by atoms with Crippen LogP contribution in [-0.2, 0) is 6.54 Å². The van der Waals surface area contributed by atoms with Crippen LogP contribution in [0.4, 0.5) is 0 Å². The second kappa shape index (κ2) is 8.40. The topological polar surface area (TPSA) is 54.8 Å². The molecule has 1 N–H and O–H groups in total. The van der Waals surface area contributed by atoms with Crippen molar-refractivity contribution in [3.05, 3.63) is 125 Å². The summed E-state index contributed by atoms with van der Waals surface area (Å²) in [5.41, 5.74) is 2.12. The number of para-hydroxylation sites is 2. The fourth-order valence-electron chi connectivity index (χ4n) is 3.82. The van der Waals surface area contributed by atoms with Crippen LogP contribution in [-0.4, -0.2) is 9.51 Å². The van der Waals surface area contributed by atoms with E-state index in [0.29, 0.717) is 23.5 Å². The Hall–Kier alpha value is -4.38. The Labute approximate surface area is 185 Å². The van der Waals surface area contributed by atoms with Crippen LogP contribution < -0.4 is 14.9 Å². The molecule has 5 rings (SSSR count). The molecule has 3 aromatic carbocycles. The van der Waals surface area contributed by atoms with E-state index in [4.69, 9.17) is 4.74 Å². The third kappa shape index (κ3) is 3.61. The summed E-state index contributed by atoms with van der Waals surface area (Å²) < 4.78 is 9.40. The van der Waals surface area contributed by atoms with E-state index in [1.165, 1.54) is 0 Å². The Balaban J connectivity index is 1.67. The summed E-state index contributed by atoms with van der Waals surface area (Å²) in [6.07, 6.45) is 1.71. The molecule has 0 fully saturated rings. The summed E-state index contributed by atoms with van der Waals surface area (Å²) in [4.78, 5) is 13.2. The Morgan fingerprint density at radius 3 is 2.22 bits per heavy atom. The van der Waals surface area contributed by atoms with E-state index < -0.39 is 0 Å². The number of hydrogen-bond acceptors (Lipinski definition) is 3. The number of pyridine rings is 1. The van der Waals surface area contributed by atoms with Gasteiger partial charge >= 0.3 is 5.56 Å². The van der Waals surface area contributed by atoms with Crippen molar-refractivity contribution >= 4 is 5.65 Å². The predicted molar refractivity (Wildman–Crippen MR) is 123 cm³/mol. The van der Waals surface area contributed by atoms with Crippen molar-refractivity contribution in [2.45, 2.75) is 6.54 Å². The van der Waals surface area contributed by atoms with Crippen molar-refractivity contribution in [3.63, 3.8) is 0 Å². The number of hydrogen-bond donors (Lipinski definition) is 1. The predicted octanol–water partition coefficient (Wildman–Crippen LogP) is 4.80. The van der Waals surface area contributed by atoms with Gasteiger partial charge in [0, 0.05) is 11.6 Å². The number of rotatable bonds is 5. The molecule has 0 aliphatic heterocycles. The molecule has 0 bridgehead atoms. The molecule has 0 unspecified atom stereocenters. The van der Waals surface area contributed by atoms with Gasteiger partial charge in [-0.2, -0.15) is 8.97 Å². The van der Waals surface area contributed by atoms with E-state index in [1.54, 1.807) is 21.2 Å². The summed E-state index contributed by atoms with van der Waals surface area (Å²) in [5, 5.41) is 11.3. The number of fused-ring (bicyclic) bond motifs is 1. The normalized spacial score (nSPS) is 10.9. The summed E-state index contributed by atoms with van der Waals surface area (Å²) in [5.74, 6) is 1.34. The molecular weight excluding hydrogens is 400 g/mol. The molecule has 5 aromatic rings. The number of aromatic hydroxyl groups is 1. The van der Waals surface area contributed by atoms with Gasteiger partial charge in [0.05, 0.1) is 6.20 Å². The zero-order valence-electron chi connectivity index (χ0n) is 17.3. The highest BCUT2D eigenvalue weighted by atomic mass is 16.5. The molecule has 0 atom stereocenters. The van der Waals surface area contributed by atoms with Crippen molar-refractivity contribution in [2.75, 3.05) is 0 Å². The van der Waals surface area contributed by atoms with Crippen molar-refractivity contribution in [3.8, 4) is 28.5 Å². The van der Waals surface area contributed by atoms with Crippen LogP contribution in [0.5, 0.6) is 17.4 Å². The van der Waals surface area contributed by atoms with Gasteiger partial charge in [0.1, 0.15) is 18.0 Å². The fraction of sp³-hybridized carbons (Fsp3) is 0.0370. The van der Waals surface area contributed by atoms with E-state index in [1.807, 2.05) is 97.1 Å². The lowest BCUT2D eigenvalue weighted by atomic mass is 10.1. The van der Waals surface area contributed by atoms with Gasteiger partial charge in [-0.15, -0.1) is 0 Å². The van der Waals surface area contributed by atoms with Gasteiger partial charge in [-0.3, -0.25) is 0 Å². The molecule has 0 spiro atoms. The maximum Gasteiger partial charge on any atom is 0.354 e. The van der Waals surface area contributed by atoms with Gasteiger partial charge in [0.15, 0.2) is 5.56 Å². The van der Waals surface area contributed by atoms with Crippen LogP contribution in [0.25, 0.3) is 16.8 Å². The minimum absolute atomic E-state index is 0.0816. The maximum absolute atomic E-state index is 13.2. The molecular formula is C27H21N2O3+. The first-order valence-electron chi connectivity index (χ1n) is 10.3. The Bertz CT molecular complexity index is 1450. The molecule has 0 radical (unpaired) electrons. The van der Waals surface area contributed by atoms with E-state index in [0.717, 1.165) is 11.3 Å². The lowest BCUT2D eigenvalue weighted by Gasteiger charge is -2.13. The standard InChI is InChI=1S/C27H20N2O3/c30-26-25(20-11-3-1-4-12-20)27(31)29(24-17-9-10-18-28(24)26)19-21-13-7-8-16-23(21)32-22-14-5-2-6-15-22/h1-18H,19H2/p+1. The first kappa shape index (κ1) is 19.6. The van der Waals surface area contributed by atoms with Gasteiger partial charge in [-0.05, 0) is 29.8 Å². The van der Waals surface area contributed by atoms with Gasteiger partial charge in [0.2, 0.25) is 0 Å². The zero-order chi connectivity index (χ0) is 21.9. The minimum atomic E-state index is -0.269. The monoisotopic (exact) mass is 421 g/mol. The summed E-state index contributed by atoms with van der Waals surface area (Å²) >= 11 is 0. The van der Waals surface area contributed by atoms with E-state index in [-0.39, 0.29) is 17.0 Å². The van der Waals surface area contributed by atoms with Crippen molar-refractivity contribution in [2.24, 2.45) is 0 Å². The summed E-state index contributed by atoms with van der Waals surface area (Å²) in [7, 11) is 0. The van der Waals surface area contributed by atoms with E-state index in [2.05, 4.69) is 0 Å². The van der Waals surface area contributed by atoms with Gasteiger partial charge in [-0.1, -0.05) is 72.8 Å². The molecule has 156 valence electrons. The second-order valence-electron chi connectivity index (χ2n) is 7.41. The third-order valence-electron chi connectivity index (χ3n) is 5.36. The highest BCUT2D eigenvalue weighted by Gasteiger charge is 2.25. The molecule has 2 heterocycles. The smallest absolute Gasteiger partial charge is 0.354 e. The third-order valence-corrected chi connectivity index (χ3v) is 5.36. The van der Waals surface area contributed by atoms with Crippen molar-refractivity contribution in [1.29, 1.82) is 0 Å². The van der Waals surface area contributed by atoms with Crippen LogP contribution in [0.3, 0.4) is 0 Å². The van der Waals surface area contributed by atoms with Gasteiger partial charge < -0.3 is 9.84 Å². The molecule has 5 nitrogen and oxygen atoms in total. The van der Waals surface area contributed by atoms with Crippen LogP contribution in [0.2, 0.25) is 0 Å². The molecule has 0 saturated heterocycles. The summed E-state index contributed by atoms with van der Waals surface area (Å²) in [6, 6.07) is 31.9. The van der Waals surface area contributed by atoms with E-state index in [9.17, 15) is 9.90 Å². The number of ether oxygens (including phenoxy) is 1. The first-order chi connectivity index (χ1) is 15.7. The fourth-order valence-corrected chi connectivity index (χ4v) is 3.82. The molecule has 32 heavy (non-hydrogen) atoms. The van der Waals surface area contributed by atoms with Gasteiger partial charge in [0.25, 0.3) is 11.5 Å².